The van der Waals surface area contributed by atoms with Gasteiger partial charge in [0.05, 0.1) is 30.8 Å². The third-order valence-corrected chi connectivity index (χ3v) is 7.25. The number of alkyl halides is 3. The predicted molar refractivity (Wildman–Crippen MR) is 132 cm³/mol. The second-order valence-electron chi connectivity index (χ2n) is 10.1. The summed E-state index contributed by atoms with van der Waals surface area (Å²) in [4.78, 5) is 11.4. The topological polar surface area (TPSA) is 59.5 Å². The molecule has 1 aliphatic heterocycles. The lowest BCUT2D eigenvalue weighted by molar-refractivity contribution is -0.140. The number of rotatable bonds is 9. The summed E-state index contributed by atoms with van der Waals surface area (Å²) >= 11 is 0. The van der Waals surface area contributed by atoms with E-state index in [0.29, 0.717) is 40.7 Å². The molecule has 1 atom stereocenters. The maximum absolute atomic E-state index is 14.8. The molecular weight excluding hydrogens is 488 g/mol. The molecule has 0 spiro atoms. The molecule has 1 aromatic heterocycles. The van der Waals surface area contributed by atoms with Gasteiger partial charge in [0, 0.05) is 29.0 Å². The number of benzene rings is 2. The van der Waals surface area contributed by atoms with Crippen molar-refractivity contribution in [3.8, 4) is 11.5 Å². The van der Waals surface area contributed by atoms with Crippen molar-refractivity contribution in [1.29, 1.82) is 0 Å². The molecule has 5 rings (SSSR count). The Kier molecular flexibility index (Phi) is 6.64. The van der Waals surface area contributed by atoms with Gasteiger partial charge in [-0.25, -0.2) is 14.4 Å². The van der Waals surface area contributed by atoms with Crippen LogP contribution in [-0.4, -0.2) is 48.2 Å². The second-order valence-corrected chi connectivity index (χ2v) is 10.1. The summed E-state index contributed by atoms with van der Waals surface area (Å²) in [6, 6.07) is 6.02. The normalized spacial score (nSPS) is 17.8. The van der Waals surface area contributed by atoms with Gasteiger partial charge >= 0.3 is 6.18 Å². The first kappa shape index (κ1) is 25.5. The molecule has 37 heavy (non-hydrogen) atoms. The van der Waals surface area contributed by atoms with E-state index in [2.05, 4.69) is 20.2 Å². The van der Waals surface area contributed by atoms with Crippen LogP contribution in [0.1, 0.15) is 49.2 Å². The summed E-state index contributed by atoms with van der Waals surface area (Å²) in [5.41, 5.74) is -0.667. The molecule has 0 bridgehead atoms. The minimum absolute atomic E-state index is 0.106. The van der Waals surface area contributed by atoms with Crippen molar-refractivity contribution in [2.24, 2.45) is 5.41 Å². The molecule has 1 N–H and O–H groups in total. The largest absolute Gasteiger partial charge is 0.493 e. The molecule has 1 saturated heterocycles. The lowest BCUT2D eigenvalue weighted by Crippen LogP contribution is -2.42. The Morgan fingerprint density at radius 2 is 1.89 bits per heavy atom. The first-order valence-electron chi connectivity index (χ1n) is 12.4. The van der Waals surface area contributed by atoms with Crippen LogP contribution in [0.2, 0.25) is 0 Å². The number of aryl methyl sites for hydroxylation is 1. The standard InChI is InChI=1S/C27H30F4N4O2/c1-16(18-6-4-7-20(24(18)28)27(29,30)31)32-25-19-12-23(22(36-3)13-21(19)33-17(2)34-25)37-15-26(8-9-26)14-35-10-5-11-35/h4,6-7,12-13,16H,5,8-11,14-15H2,1-3H3,(H,32,33,34)/t16-/m1/s1. The quantitative estimate of drug-likeness (QED) is 0.343. The van der Waals surface area contributed by atoms with Crippen molar-refractivity contribution >= 4 is 16.7 Å². The van der Waals surface area contributed by atoms with Gasteiger partial charge in [0.15, 0.2) is 11.5 Å². The van der Waals surface area contributed by atoms with E-state index < -0.39 is 23.6 Å². The number of hydrogen-bond donors (Lipinski definition) is 1. The highest BCUT2D eigenvalue weighted by Gasteiger charge is 2.45. The molecule has 2 aliphatic rings. The molecule has 6 nitrogen and oxygen atoms in total. The fourth-order valence-corrected chi connectivity index (χ4v) is 4.79. The third-order valence-electron chi connectivity index (χ3n) is 7.25. The van der Waals surface area contributed by atoms with Crippen LogP contribution < -0.4 is 14.8 Å². The molecular formula is C27H30F4N4O2. The fourth-order valence-electron chi connectivity index (χ4n) is 4.79. The highest BCUT2D eigenvalue weighted by molar-refractivity contribution is 5.92. The number of hydrogen-bond acceptors (Lipinski definition) is 6. The Morgan fingerprint density at radius 3 is 2.51 bits per heavy atom. The number of halogens is 4. The SMILES string of the molecule is COc1cc2nc(C)nc(N[C@H](C)c3cccc(C(F)(F)F)c3F)c2cc1OCC1(CN2CCC2)CC1. The lowest BCUT2D eigenvalue weighted by Gasteiger charge is -2.34. The van der Waals surface area contributed by atoms with Gasteiger partial charge in [-0.15, -0.1) is 0 Å². The number of nitrogens with zero attached hydrogens (tertiary/aromatic N) is 3. The molecule has 1 saturated carbocycles. The second kappa shape index (κ2) is 9.63. The van der Waals surface area contributed by atoms with Crippen molar-refractivity contribution in [3.05, 3.63) is 53.1 Å². The molecule has 3 aromatic rings. The van der Waals surface area contributed by atoms with Gasteiger partial charge in [-0.3, -0.25) is 0 Å². The van der Waals surface area contributed by atoms with Gasteiger partial charge in [-0.2, -0.15) is 13.2 Å². The van der Waals surface area contributed by atoms with Crippen molar-refractivity contribution in [1.82, 2.24) is 14.9 Å². The van der Waals surface area contributed by atoms with Crippen molar-refractivity contribution in [3.63, 3.8) is 0 Å². The van der Waals surface area contributed by atoms with Crippen LogP contribution in [0.15, 0.2) is 30.3 Å². The summed E-state index contributed by atoms with van der Waals surface area (Å²) in [6.45, 7) is 7.17. The summed E-state index contributed by atoms with van der Waals surface area (Å²) in [5, 5.41) is 3.70. The van der Waals surface area contributed by atoms with Crippen molar-refractivity contribution < 1.29 is 27.0 Å². The van der Waals surface area contributed by atoms with Gasteiger partial charge < -0.3 is 19.7 Å². The highest BCUT2D eigenvalue weighted by Crippen LogP contribution is 2.48. The van der Waals surface area contributed by atoms with Crippen LogP contribution >= 0.6 is 0 Å². The van der Waals surface area contributed by atoms with E-state index >= 15 is 0 Å². The van der Waals surface area contributed by atoms with E-state index in [1.807, 2.05) is 0 Å². The molecule has 198 valence electrons. The number of ether oxygens (including phenoxy) is 2. The predicted octanol–water partition coefficient (Wildman–Crippen LogP) is 6.14. The number of likely N-dealkylation sites (tertiary alicyclic amines) is 1. The van der Waals surface area contributed by atoms with Crippen LogP contribution in [0.4, 0.5) is 23.4 Å². The molecule has 0 radical (unpaired) electrons. The van der Waals surface area contributed by atoms with Crippen molar-refractivity contribution in [2.75, 3.05) is 38.7 Å². The lowest BCUT2D eigenvalue weighted by atomic mass is 10.0. The summed E-state index contributed by atoms with van der Waals surface area (Å²) < 4.78 is 66.3. The smallest absolute Gasteiger partial charge is 0.419 e. The molecule has 10 heteroatoms. The Morgan fingerprint density at radius 1 is 1.14 bits per heavy atom. The minimum Gasteiger partial charge on any atom is -0.493 e. The molecule has 2 fully saturated rings. The molecule has 0 unspecified atom stereocenters. The highest BCUT2D eigenvalue weighted by atomic mass is 19.4. The van der Waals surface area contributed by atoms with Gasteiger partial charge in [-0.05, 0) is 58.3 Å². The van der Waals surface area contributed by atoms with E-state index in [4.69, 9.17) is 9.47 Å². The Hall–Kier alpha value is -3.14. The van der Waals surface area contributed by atoms with E-state index in [-0.39, 0.29) is 11.0 Å². The van der Waals surface area contributed by atoms with Crippen LogP contribution in [0.3, 0.4) is 0 Å². The first-order chi connectivity index (χ1) is 17.6. The van der Waals surface area contributed by atoms with Gasteiger partial charge in [0.2, 0.25) is 0 Å². The first-order valence-corrected chi connectivity index (χ1v) is 12.4. The van der Waals surface area contributed by atoms with Crippen molar-refractivity contribution in [2.45, 2.75) is 45.3 Å². The summed E-state index contributed by atoms with van der Waals surface area (Å²) in [6.07, 6.45) is -1.30. The molecule has 2 aromatic carbocycles. The monoisotopic (exact) mass is 518 g/mol. The number of anilines is 1. The minimum atomic E-state index is -4.78. The number of methoxy groups -OCH3 is 1. The number of nitrogens with one attached hydrogen (secondary N) is 1. The van der Waals surface area contributed by atoms with E-state index in [1.54, 1.807) is 33.1 Å². The van der Waals surface area contributed by atoms with E-state index in [0.717, 1.165) is 38.5 Å². The molecule has 1 aliphatic carbocycles. The van der Waals surface area contributed by atoms with Crippen LogP contribution in [0.25, 0.3) is 10.9 Å². The molecule has 0 amide bonds. The van der Waals surface area contributed by atoms with Gasteiger partial charge in [-0.1, -0.05) is 12.1 Å². The van der Waals surface area contributed by atoms with E-state index in [9.17, 15) is 17.6 Å². The zero-order valence-corrected chi connectivity index (χ0v) is 21.1. The third kappa shape index (κ3) is 5.30. The average molecular weight is 519 g/mol. The maximum Gasteiger partial charge on any atom is 0.419 e. The zero-order chi connectivity index (χ0) is 26.4. The summed E-state index contributed by atoms with van der Waals surface area (Å²) in [5.74, 6) is 0.606. The number of fused-ring (bicyclic) bond motifs is 1. The van der Waals surface area contributed by atoms with E-state index in [1.165, 1.54) is 18.6 Å². The Balaban J connectivity index is 1.43. The van der Waals surface area contributed by atoms with Crippen LogP contribution in [0, 0.1) is 18.2 Å². The maximum atomic E-state index is 14.8. The van der Waals surface area contributed by atoms with Gasteiger partial charge in [0.1, 0.15) is 17.5 Å². The van der Waals surface area contributed by atoms with Crippen LogP contribution in [-0.2, 0) is 6.18 Å². The Bertz CT molecular complexity index is 1310. The van der Waals surface area contributed by atoms with Crippen LogP contribution in [0.5, 0.6) is 11.5 Å². The zero-order valence-electron chi connectivity index (χ0n) is 21.1. The fraction of sp³-hybridized carbons (Fsp3) is 0.481. The average Bonchev–Trinajstić information content (AvgIpc) is 3.59. The molecule has 2 heterocycles. The number of aromatic nitrogens is 2. The summed E-state index contributed by atoms with van der Waals surface area (Å²) in [7, 11) is 1.56. The van der Waals surface area contributed by atoms with Gasteiger partial charge in [0.25, 0.3) is 0 Å². The Labute approximate surface area is 213 Å².